The lowest BCUT2D eigenvalue weighted by atomic mass is 9.96. The number of carbonyl (C=O) groups is 2. The highest BCUT2D eigenvalue weighted by atomic mass is 32.2. The minimum atomic E-state index is -3.69. The summed E-state index contributed by atoms with van der Waals surface area (Å²) >= 11 is 0. The molecule has 8 nitrogen and oxygen atoms in total. The third-order valence-electron chi connectivity index (χ3n) is 3.20. The number of carboxylic acid groups (broad SMARTS) is 1. The molecule has 1 amide bonds. The van der Waals surface area contributed by atoms with Crippen molar-refractivity contribution in [1.29, 1.82) is 0 Å². The molecule has 0 bridgehead atoms. The highest BCUT2D eigenvalue weighted by molar-refractivity contribution is 7.86. The van der Waals surface area contributed by atoms with E-state index < -0.39 is 16.2 Å². The molecule has 1 aliphatic rings. The van der Waals surface area contributed by atoms with Crippen LogP contribution in [0.2, 0.25) is 0 Å². The van der Waals surface area contributed by atoms with Crippen LogP contribution >= 0.6 is 0 Å². The molecule has 1 saturated heterocycles. The Morgan fingerprint density at radius 3 is 2.32 bits per heavy atom. The van der Waals surface area contributed by atoms with E-state index in [0.29, 0.717) is 12.8 Å². The molecular formula is C10H19N3O5S. The van der Waals surface area contributed by atoms with Crippen LogP contribution in [0.3, 0.4) is 0 Å². The van der Waals surface area contributed by atoms with Gasteiger partial charge in [-0.2, -0.15) is 12.7 Å². The Bertz CT molecular complexity index is 442. The van der Waals surface area contributed by atoms with Crippen LogP contribution < -0.4 is 5.14 Å². The van der Waals surface area contributed by atoms with E-state index in [-0.39, 0.29) is 37.9 Å². The first-order valence-corrected chi connectivity index (χ1v) is 7.46. The molecule has 1 rings (SSSR count). The van der Waals surface area contributed by atoms with E-state index in [1.807, 2.05) is 0 Å². The van der Waals surface area contributed by atoms with Crippen molar-refractivity contribution in [3.8, 4) is 0 Å². The summed E-state index contributed by atoms with van der Waals surface area (Å²) in [5.74, 6) is -1.36. The van der Waals surface area contributed by atoms with E-state index in [0.717, 1.165) is 4.31 Å². The van der Waals surface area contributed by atoms with Gasteiger partial charge in [0.1, 0.15) is 0 Å². The van der Waals surface area contributed by atoms with E-state index in [4.69, 9.17) is 10.2 Å². The number of aliphatic carboxylic acids is 1. The Hall–Kier alpha value is -1.19. The smallest absolute Gasteiger partial charge is 0.305 e. The van der Waals surface area contributed by atoms with E-state index in [1.165, 1.54) is 4.90 Å². The fourth-order valence-electron chi connectivity index (χ4n) is 2.04. The molecule has 0 aliphatic carbocycles. The molecule has 3 N–H and O–H groups in total. The molecule has 0 saturated carbocycles. The Kier molecular flexibility index (Phi) is 5.27. The number of rotatable bonds is 5. The molecule has 1 heterocycles. The largest absolute Gasteiger partial charge is 0.481 e. The lowest BCUT2D eigenvalue weighted by Crippen LogP contribution is -2.45. The zero-order valence-electron chi connectivity index (χ0n) is 10.8. The summed E-state index contributed by atoms with van der Waals surface area (Å²) in [4.78, 5) is 23.8. The van der Waals surface area contributed by atoms with Gasteiger partial charge in [-0.05, 0) is 12.8 Å². The fraction of sp³-hybridized carbons (Fsp3) is 0.800. The minimum absolute atomic E-state index is 0.0989. The van der Waals surface area contributed by atoms with Gasteiger partial charge in [0.2, 0.25) is 5.91 Å². The second-order valence-corrected chi connectivity index (χ2v) is 6.17. The Balaban J connectivity index is 2.46. The Labute approximate surface area is 112 Å². The monoisotopic (exact) mass is 293 g/mol. The molecule has 0 aromatic rings. The Morgan fingerprint density at radius 1 is 1.37 bits per heavy atom. The number of piperidine rings is 1. The van der Waals surface area contributed by atoms with E-state index >= 15 is 0 Å². The van der Waals surface area contributed by atoms with Crippen LogP contribution in [-0.4, -0.2) is 61.3 Å². The maximum Gasteiger partial charge on any atom is 0.305 e. The molecule has 0 unspecified atom stereocenters. The van der Waals surface area contributed by atoms with E-state index in [9.17, 15) is 18.0 Å². The van der Waals surface area contributed by atoms with Crippen LogP contribution in [0.4, 0.5) is 0 Å². The summed E-state index contributed by atoms with van der Waals surface area (Å²) in [7, 11) is -2.13. The molecule has 0 spiro atoms. The van der Waals surface area contributed by atoms with E-state index in [1.54, 1.807) is 7.05 Å². The van der Waals surface area contributed by atoms with Gasteiger partial charge in [0.05, 0.1) is 6.42 Å². The van der Waals surface area contributed by atoms with Gasteiger partial charge in [0.25, 0.3) is 10.2 Å². The van der Waals surface area contributed by atoms with Crippen LogP contribution in [0.1, 0.15) is 19.3 Å². The van der Waals surface area contributed by atoms with Crippen LogP contribution in [0.5, 0.6) is 0 Å². The first kappa shape index (κ1) is 15.9. The summed E-state index contributed by atoms with van der Waals surface area (Å²) in [6, 6.07) is 0. The lowest BCUT2D eigenvalue weighted by molar-refractivity contribution is -0.139. The average molecular weight is 293 g/mol. The summed E-state index contributed by atoms with van der Waals surface area (Å²) < 4.78 is 23.4. The van der Waals surface area contributed by atoms with Crippen LogP contribution in [0, 0.1) is 5.92 Å². The Morgan fingerprint density at radius 2 is 1.89 bits per heavy atom. The van der Waals surface area contributed by atoms with Crippen molar-refractivity contribution in [2.75, 3.05) is 26.7 Å². The first-order chi connectivity index (χ1) is 8.71. The maximum atomic E-state index is 12.0. The van der Waals surface area contributed by atoms with Crippen molar-refractivity contribution in [3.63, 3.8) is 0 Å². The molecule has 0 aromatic heterocycles. The molecule has 0 atom stereocenters. The number of hydrogen-bond donors (Lipinski definition) is 2. The molecule has 19 heavy (non-hydrogen) atoms. The number of carboxylic acids is 1. The van der Waals surface area contributed by atoms with Gasteiger partial charge in [-0.25, -0.2) is 5.14 Å². The van der Waals surface area contributed by atoms with Crippen LogP contribution in [0.25, 0.3) is 0 Å². The van der Waals surface area contributed by atoms with Crippen LogP contribution in [-0.2, 0) is 19.8 Å². The summed E-state index contributed by atoms with van der Waals surface area (Å²) in [6.45, 7) is 0.605. The molecule has 1 fully saturated rings. The number of amides is 1. The number of nitrogens with zero attached hydrogens (tertiary/aromatic N) is 2. The molecular weight excluding hydrogens is 274 g/mol. The zero-order valence-corrected chi connectivity index (χ0v) is 11.6. The lowest BCUT2D eigenvalue weighted by Gasteiger charge is -2.31. The number of carbonyl (C=O) groups excluding carboxylic acids is 1. The van der Waals surface area contributed by atoms with Gasteiger partial charge < -0.3 is 10.0 Å². The summed E-state index contributed by atoms with van der Waals surface area (Å²) in [5.41, 5.74) is 0. The standard InChI is InChI=1S/C10H19N3O5S/c1-12(5-4-9(14)15)10(16)8-2-6-13(7-3-8)19(11,17)18/h8H,2-7H2,1H3,(H,14,15)(H2,11,17,18). The zero-order chi connectivity index (χ0) is 14.6. The second kappa shape index (κ2) is 6.31. The van der Waals surface area contributed by atoms with Crippen molar-refractivity contribution in [2.45, 2.75) is 19.3 Å². The van der Waals surface area contributed by atoms with E-state index in [2.05, 4.69) is 0 Å². The fourth-order valence-corrected chi connectivity index (χ4v) is 2.76. The van der Waals surface area contributed by atoms with Crippen molar-refractivity contribution in [1.82, 2.24) is 9.21 Å². The van der Waals surface area contributed by atoms with Gasteiger partial charge in [0.15, 0.2) is 0 Å². The van der Waals surface area contributed by atoms with Crippen molar-refractivity contribution >= 4 is 22.1 Å². The number of nitrogens with two attached hydrogens (primary N) is 1. The van der Waals surface area contributed by atoms with Crippen molar-refractivity contribution in [3.05, 3.63) is 0 Å². The highest BCUT2D eigenvalue weighted by Gasteiger charge is 2.30. The van der Waals surface area contributed by atoms with Gasteiger partial charge in [-0.3, -0.25) is 9.59 Å². The second-order valence-electron chi connectivity index (χ2n) is 4.62. The third kappa shape index (κ3) is 4.77. The summed E-state index contributed by atoms with van der Waals surface area (Å²) in [5, 5.41) is 13.6. The first-order valence-electron chi connectivity index (χ1n) is 5.96. The topological polar surface area (TPSA) is 121 Å². The predicted molar refractivity (Wildman–Crippen MR) is 67.3 cm³/mol. The molecule has 110 valence electrons. The highest BCUT2D eigenvalue weighted by Crippen LogP contribution is 2.20. The van der Waals surface area contributed by atoms with Crippen LogP contribution in [0.15, 0.2) is 0 Å². The minimum Gasteiger partial charge on any atom is -0.481 e. The average Bonchev–Trinajstić information content (AvgIpc) is 2.34. The molecule has 0 aromatic carbocycles. The SMILES string of the molecule is CN(CCC(=O)O)C(=O)C1CCN(S(N)(=O)=O)CC1. The van der Waals surface area contributed by atoms with Gasteiger partial charge in [-0.15, -0.1) is 0 Å². The normalized spacial score (nSPS) is 18.2. The van der Waals surface area contributed by atoms with Crippen molar-refractivity contribution < 1.29 is 23.1 Å². The predicted octanol–water partition coefficient (Wildman–Crippen LogP) is -1.16. The molecule has 9 heteroatoms. The van der Waals surface area contributed by atoms with Gasteiger partial charge in [0, 0.05) is 32.6 Å². The van der Waals surface area contributed by atoms with Gasteiger partial charge in [-0.1, -0.05) is 0 Å². The van der Waals surface area contributed by atoms with Gasteiger partial charge >= 0.3 is 5.97 Å². The molecule has 1 aliphatic heterocycles. The summed E-state index contributed by atoms with van der Waals surface area (Å²) in [6.07, 6.45) is 0.720. The quantitative estimate of drug-likeness (QED) is 0.662. The van der Waals surface area contributed by atoms with Crippen molar-refractivity contribution in [2.24, 2.45) is 11.1 Å². The third-order valence-corrected chi connectivity index (χ3v) is 4.29. The maximum absolute atomic E-state index is 12.0. The number of hydrogen-bond acceptors (Lipinski definition) is 4. The molecule has 0 radical (unpaired) electrons.